The summed E-state index contributed by atoms with van der Waals surface area (Å²) in [6.45, 7) is 5.64. The summed E-state index contributed by atoms with van der Waals surface area (Å²) >= 11 is 5.29. The monoisotopic (exact) mass is 318 g/mol. The van der Waals surface area contributed by atoms with Crippen LogP contribution in [0.25, 0.3) is 0 Å². The summed E-state index contributed by atoms with van der Waals surface area (Å²) in [5.74, 6) is 0. The van der Waals surface area contributed by atoms with Gasteiger partial charge in [0.15, 0.2) is 0 Å². The van der Waals surface area contributed by atoms with E-state index >= 15 is 0 Å². The van der Waals surface area contributed by atoms with E-state index in [4.69, 9.17) is 10.5 Å². The summed E-state index contributed by atoms with van der Waals surface area (Å²) in [5, 5.41) is 0. The van der Waals surface area contributed by atoms with E-state index in [1.807, 2.05) is 0 Å². The van der Waals surface area contributed by atoms with E-state index in [9.17, 15) is 0 Å². The van der Waals surface area contributed by atoms with Gasteiger partial charge in [-0.05, 0) is 34.5 Å². The van der Waals surface area contributed by atoms with E-state index in [-0.39, 0.29) is 0 Å². The Morgan fingerprint density at radius 1 is 1.65 bits per heavy atom. The van der Waals surface area contributed by atoms with Crippen LogP contribution in [0.1, 0.15) is 24.3 Å². The van der Waals surface area contributed by atoms with Crippen LogP contribution in [0.3, 0.4) is 0 Å². The van der Waals surface area contributed by atoms with Crippen LogP contribution in [0.5, 0.6) is 0 Å². The molecular formula is C12H19BrN2OS. The lowest BCUT2D eigenvalue weighted by Crippen LogP contribution is -2.45. The standard InChI is InChI=1S/C12H19BrN2OS/c1-2-9-8-15(5-6-16-9)10(7-14)11-3-4-12(13)17-11/h3-4,9-10H,2,5-8,14H2,1H3. The third kappa shape index (κ3) is 3.29. The third-order valence-electron chi connectivity index (χ3n) is 3.21. The van der Waals surface area contributed by atoms with Crippen LogP contribution in [0, 0.1) is 0 Å². The fourth-order valence-electron chi connectivity index (χ4n) is 2.22. The maximum absolute atomic E-state index is 5.94. The van der Waals surface area contributed by atoms with Crippen LogP contribution in [0.15, 0.2) is 15.9 Å². The fraction of sp³-hybridized carbons (Fsp3) is 0.667. The van der Waals surface area contributed by atoms with Gasteiger partial charge in [-0.15, -0.1) is 11.3 Å². The van der Waals surface area contributed by atoms with E-state index in [2.05, 4.69) is 39.9 Å². The van der Waals surface area contributed by atoms with Gasteiger partial charge >= 0.3 is 0 Å². The number of ether oxygens (including phenoxy) is 1. The number of rotatable bonds is 4. The zero-order valence-corrected chi connectivity index (χ0v) is 12.5. The topological polar surface area (TPSA) is 38.5 Å². The molecule has 0 aliphatic carbocycles. The number of nitrogens with zero attached hydrogens (tertiary/aromatic N) is 1. The van der Waals surface area contributed by atoms with Gasteiger partial charge in [-0.3, -0.25) is 4.90 Å². The van der Waals surface area contributed by atoms with E-state index in [0.29, 0.717) is 18.7 Å². The molecular weight excluding hydrogens is 300 g/mol. The Morgan fingerprint density at radius 3 is 3.06 bits per heavy atom. The summed E-state index contributed by atoms with van der Waals surface area (Å²) in [4.78, 5) is 3.80. The van der Waals surface area contributed by atoms with E-state index < -0.39 is 0 Å². The Kier molecular flexibility index (Phi) is 4.99. The highest BCUT2D eigenvalue weighted by Gasteiger charge is 2.26. The molecule has 1 aromatic heterocycles. The lowest BCUT2D eigenvalue weighted by Gasteiger charge is -2.37. The Bertz CT molecular complexity index is 358. The molecule has 1 aliphatic heterocycles. The van der Waals surface area contributed by atoms with Gasteiger partial charge in [-0.25, -0.2) is 0 Å². The Hall–Kier alpha value is 0.0600. The number of hydrogen-bond donors (Lipinski definition) is 1. The maximum atomic E-state index is 5.94. The Balaban J connectivity index is 2.07. The highest BCUT2D eigenvalue weighted by molar-refractivity contribution is 9.11. The van der Waals surface area contributed by atoms with E-state index in [0.717, 1.165) is 26.1 Å². The van der Waals surface area contributed by atoms with Crippen molar-refractivity contribution < 1.29 is 4.74 Å². The molecule has 17 heavy (non-hydrogen) atoms. The lowest BCUT2D eigenvalue weighted by molar-refractivity contribution is -0.0432. The van der Waals surface area contributed by atoms with Crippen molar-refractivity contribution in [3.05, 3.63) is 20.8 Å². The van der Waals surface area contributed by atoms with E-state index in [1.165, 1.54) is 8.66 Å². The quantitative estimate of drug-likeness (QED) is 0.927. The predicted molar refractivity (Wildman–Crippen MR) is 75.4 cm³/mol. The normalized spacial score (nSPS) is 23.8. The number of nitrogens with two attached hydrogens (primary N) is 1. The molecule has 0 aromatic carbocycles. The minimum absolute atomic E-state index is 0.337. The smallest absolute Gasteiger partial charge is 0.0702 e. The molecule has 5 heteroatoms. The van der Waals surface area contributed by atoms with Gasteiger partial charge in [0.2, 0.25) is 0 Å². The first-order valence-corrected chi connectivity index (χ1v) is 7.66. The molecule has 0 saturated carbocycles. The predicted octanol–water partition coefficient (Wildman–Crippen LogP) is 2.62. The van der Waals surface area contributed by atoms with Gasteiger partial charge in [0, 0.05) is 24.5 Å². The molecule has 1 saturated heterocycles. The van der Waals surface area contributed by atoms with Crippen LogP contribution in [0.4, 0.5) is 0 Å². The summed E-state index contributed by atoms with van der Waals surface area (Å²) in [6.07, 6.45) is 1.43. The molecule has 0 amide bonds. The van der Waals surface area contributed by atoms with Crippen molar-refractivity contribution in [1.29, 1.82) is 0 Å². The average molecular weight is 319 g/mol. The van der Waals surface area contributed by atoms with Crippen molar-refractivity contribution in [2.75, 3.05) is 26.2 Å². The summed E-state index contributed by atoms with van der Waals surface area (Å²) in [7, 11) is 0. The first-order chi connectivity index (χ1) is 8.24. The number of thiophene rings is 1. The Morgan fingerprint density at radius 2 is 2.47 bits per heavy atom. The van der Waals surface area contributed by atoms with Gasteiger partial charge in [-0.1, -0.05) is 6.92 Å². The SMILES string of the molecule is CCC1CN(C(CN)c2ccc(Br)s2)CCO1. The molecule has 2 N–H and O–H groups in total. The molecule has 2 unspecified atom stereocenters. The zero-order valence-electron chi connectivity index (χ0n) is 10.1. The average Bonchev–Trinajstić information content (AvgIpc) is 2.77. The molecule has 96 valence electrons. The number of morpholine rings is 1. The molecule has 1 fully saturated rings. The van der Waals surface area contributed by atoms with Gasteiger partial charge in [0.05, 0.1) is 22.5 Å². The molecule has 1 aliphatic rings. The van der Waals surface area contributed by atoms with Crippen LogP contribution in [0.2, 0.25) is 0 Å². The first-order valence-electron chi connectivity index (χ1n) is 6.05. The third-order valence-corrected chi connectivity index (χ3v) is 4.94. The molecule has 0 radical (unpaired) electrons. The summed E-state index contributed by atoms with van der Waals surface area (Å²) in [5.41, 5.74) is 5.94. The van der Waals surface area contributed by atoms with Crippen molar-refractivity contribution in [3.8, 4) is 0 Å². The highest BCUT2D eigenvalue weighted by atomic mass is 79.9. The van der Waals surface area contributed by atoms with Crippen molar-refractivity contribution >= 4 is 27.3 Å². The Labute approximate surface area is 115 Å². The number of hydrogen-bond acceptors (Lipinski definition) is 4. The van der Waals surface area contributed by atoms with Crippen molar-refractivity contribution in [1.82, 2.24) is 4.90 Å². The number of halogens is 1. The van der Waals surface area contributed by atoms with E-state index in [1.54, 1.807) is 11.3 Å². The van der Waals surface area contributed by atoms with Crippen molar-refractivity contribution in [2.24, 2.45) is 5.73 Å². The molecule has 0 spiro atoms. The minimum atomic E-state index is 0.337. The fourth-order valence-corrected chi connectivity index (χ4v) is 3.80. The van der Waals surface area contributed by atoms with Crippen LogP contribution >= 0.6 is 27.3 Å². The van der Waals surface area contributed by atoms with Crippen LogP contribution in [-0.4, -0.2) is 37.2 Å². The largest absolute Gasteiger partial charge is 0.376 e. The molecule has 1 aromatic rings. The minimum Gasteiger partial charge on any atom is -0.376 e. The van der Waals surface area contributed by atoms with Crippen LogP contribution < -0.4 is 5.73 Å². The van der Waals surface area contributed by atoms with Gasteiger partial charge < -0.3 is 10.5 Å². The molecule has 2 atom stereocenters. The lowest BCUT2D eigenvalue weighted by atomic mass is 10.1. The first kappa shape index (κ1) is 13.5. The second-order valence-electron chi connectivity index (χ2n) is 4.29. The zero-order chi connectivity index (χ0) is 12.3. The van der Waals surface area contributed by atoms with Crippen molar-refractivity contribution in [3.63, 3.8) is 0 Å². The second kappa shape index (κ2) is 6.29. The highest BCUT2D eigenvalue weighted by Crippen LogP contribution is 2.31. The second-order valence-corrected chi connectivity index (χ2v) is 6.78. The van der Waals surface area contributed by atoms with Gasteiger partial charge in [0.1, 0.15) is 0 Å². The molecule has 0 bridgehead atoms. The molecule has 3 nitrogen and oxygen atoms in total. The van der Waals surface area contributed by atoms with Crippen LogP contribution in [-0.2, 0) is 4.74 Å². The summed E-state index contributed by atoms with van der Waals surface area (Å²) in [6, 6.07) is 4.60. The molecule has 2 heterocycles. The molecule has 2 rings (SSSR count). The summed E-state index contributed by atoms with van der Waals surface area (Å²) < 4.78 is 6.88. The maximum Gasteiger partial charge on any atom is 0.0702 e. The van der Waals surface area contributed by atoms with Gasteiger partial charge in [0.25, 0.3) is 0 Å². The van der Waals surface area contributed by atoms with Crippen molar-refractivity contribution in [2.45, 2.75) is 25.5 Å². The van der Waals surface area contributed by atoms with Gasteiger partial charge in [-0.2, -0.15) is 0 Å².